The van der Waals surface area contributed by atoms with E-state index in [2.05, 4.69) is 34.4 Å². The summed E-state index contributed by atoms with van der Waals surface area (Å²) in [5.74, 6) is -2.64. The first kappa shape index (κ1) is 40.0. The van der Waals surface area contributed by atoms with Gasteiger partial charge in [-0.2, -0.15) is 18.7 Å². The number of benzene rings is 5. The second kappa shape index (κ2) is 19.2. The molecule has 6 rings (SSSR count). The molecule has 0 atom stereocenters. The molecule has 0 radical (unpaired) electrons. The second-order valence-electron chi connectivity index (χ2n) is 12.4. The van der Waals surface area contributed by atoms with Crippen LogP contribution in [-0.4, -0.2) is 37.6 Å². The molecule has 1 aliphatic heterocycles. The van der Waals surface area contributed by atoms with Crippen LogP contribution in [-0.2, 0) is 45.3 Å². The maximum absolute atomic E-state index is 13.6. The molecular weight excluding hydrogens is 713 g/mol. The molecule has 0 unspecified atom stereocenters. The predicted molar refractivity (Wildman–Crippen MR) is 202 cm³/mol. The van der Waals surface area contributed by atoms with Gasteiger partial charge in [0.1, 0.15) is 11.5 Å². The molecule has 0 saturated heterocycles. The van der Waals surface area contributed by atoms with Crippen molar-refractivity contribution in [2.24, 2.45) is 5.73 Å². The van der Waals surface area contributed by atoms with E-state index in [4.69, 9.17) is 15.2 Å². The number of nitrogens with two attached hydrogens (primary N) is 1. The summed E-state index contributed by atoms with van der Waals surface area (Å²) in [5.41, 5.74) is 14.0. The van der Waals surface area contributed by atoms with Crippen LogP contribution in [0.25, 0.3) is 11.1 Å². The van der Waals surface area contributed by atoms with Gasteiger partial charge in [0.2, 0.25) is 5.91 Å². The number of hydrogen-bond acceptors (Lipinski definition) is 8. The summed E-state index contributed by atoms with van der Waals surface area (Å²) < 4.78 is 48.6. The zero-order chi connectivity index (χ0) is 39.2. The highest BCUT2D eigenvalue weighted by molar-refractivity contribution is 5.96. The minimum atomic E-state index is -5.28. The molecule has 10 nitrogen and oxygen atoms in total. The van der Waals surface area contributed by atoms with E-state index in [0.29, 0.717) is 29.5 Å². The van der Waals surface area contributed by atoms with Crippen LogP contribution < -0.4 is 30.9 Å². The molecule has 0 saturated carbocycles. The van der Waals surface area contributed by atoms with Crippen molar-refractivity contribution >= 4 is 23.5 Å². The SMILES string of the molecule is COc1cccc(-c2ccc(CN(C(=O)CCC(=O)NOC(=O)C(F)(F)F)c3ccccc3Oc3cccc(CN)c3)cc2)c1.c1ccc2c(c1)CCNC2. The third kappa shape index (κ3) is 11.7. The van der Waals surface area contributed by atoms with Crippen LogP contribution in [0.4, 0.5) is 18.9 Å². The lowest BCUT2D eigenvalue weighted by Gasteiger charge is -2.25. The molecule has 5 aromatic rings. The van der Waals surface area contributed by atoms with Gasteiger partial charge in [-0.1, -0.05) is 84.9 Å². The third-order valence-corrected chi connectivity index (χ3v) is 8.58. The third-order valence-electron chi connectivity index (χ3n) is 8.58. The Hall–Kier alpha value is -6.18. The summed E-state index contributed by atoms with van der Waals surface area (Å²) >= 11 is 0. The fourth-order valence-electron chi connectivity index (χ4n) is 5.71. The fourth-order valence-corrected chi connectivity index (χ4v) is 5.71. The van der Waals surface area contributed by atoms with E-state index in [1.807, 2.05) is 54.6 Å². The van der Waals surface area contributed by atoms with Gasteiger partial charge in [-0.25, -0.2) is 4.79 Å². The number of ether oxygens (including phenoxy) is 2. The van der Waals surface area contributed by atoms with Gasteiger partial charge < -0.3 is 30.3 Å². The number of halogens is 3. The van der Waals surface area contributed by atoms with Crippen molar-refractivity contribution < 1.29 is 41.9 Å². The van der Waals surface area contributed by atoms with Gasteiger partial charge >= 0.3 is 12.1 Å². The van der Waals surface area contributed by atoms with E-state index < -0.39 is 36.8 Å². The number of nitrogens with zero attached hydrogens (tertiary/aromatic N) is 1. The van der Waals surface area contributed by atoms with Gasteiger partial charge in [-0.15, -0.1) is 0 Å². The molecular formula is C42H41F3N4O6. The van der Waals surface area contributed by atoms with Crippen LogP contribution in [0.3, 0.4) is 0 Å². The Morgan fingerprint density at radius 2 is 1.49 bits per heavy atom. The van der Waals surface area contributed by atoms with Crippen LogP contribution in [0.1, 0.15) is 35.1 Å². The van der Waals surface area contributed by atoms with Gasteiger partial charge in [0, 0.05) is 25.9 Å². The van der Waals surface area contributed by atoms with Gasteiger partial charge in [-0.3, -0.25) is 9.59 Å². The van der Waals surface area contributed by atoms with Crippen molar-refractivity contribution in [1.82, 2.24) is 10.8 Å². The quantitative estimate of drug-likeness (QED) is 0.119. The number of amides is 2. The lowest BCUT2D eigenvalue weighted by atomic mass is 10.0. The lowest BCUT2D eigenvalue weighted by Crippen LogP contribution is -2.36. The van der Waals surface area contributed by atoms with Crippen molar-refractivity contribution in [2.45, 2.75) is 45.1 Å². The predicted octanol–water partition coefficient (Wildman–Crippen LogP) is 7.40. The molecule has 0 aromatic heterocycles. The molecule has 0 spiro atoms. The van der Waals surface area contributed by atoms with E-state index in [0.717, 1.165) is 35.3 Å². The number of nitrogens with one attached hydrogen (secondary N) is 2. The normalized spacial score (nSPS) is 11.9. The summed E-state index contributed by atoms with van der Waals surface area (Å²) in [6.07, 6.45) is -5.04. The minimum absolute atomic E-state index is 0.0745. The summed E-state index contributed by atoms with van der Waals surface area (Å²) in [6.45, 7) is 2.56. The number of carbonyl (C=O) groups excluding carboxylic acids is 3. The number of fused-ring (bicyclic) bond motifs is 1. The molecule has 0 bridgehead atoms. The van der Waals surface area contributed by atoms with Crippen molar-refractivity contribution in [3.63, 3.8) is 0 Å². The zero-order valence-electron chi connectivity index (χ0n) is 30.1. The minimum Gasteiger partial charge on any atom is -0.497 e. The Kier molecular flexibility index (Phi) is 14.0. The summed E-state index contributed by atoms with van der Waals surface area (Å²) in [4.78, 5) is 41.8. The van der Waals surface area contributed by atoms with E-state index in [1.54, 1.807) is 49.6 Å². The average molecular weight is 755 g/mol. The van der Waals surface area contributed by atoms with Gasteiger partial charge in [-0.05, 0) is 82.7 Å². The van der Waals surface area contributed by atoms with Gasteiger partial charge in [0.25, 0.3) is 5.91 Å². The molecule has 0 aliphatic carbocycles. The molecule has 1 heterocycles. The van der Waals surface area contributed by atoms with E-state index in [1.165, 1.54) is 27.9 Å². The molecule has 286 valence electrons. The topological polar surface area (TPSA) is 132 Å². The first-order valence-electron chi connectivity index (χ1n) is 17.5. The number of hydrogen-bond donors (Lipinski definition) is 3. The van der Waals surface area contributed by atoms with Crippen molar-refractivity contribution in [3.8, 4) is 28.4 Å². The highest BCUT2D eigenvalue weighted by Crippen LogP contribution is 2.34. The van der Waals surface area contributed by atoms with E-state index in [-0.39, 0.29) is 6.54 Å². The van der Waals surface area contributed by atoms with Crippen molar-refractivity contribution in [2.75, 3.05) is 18.6 Å². The molecule has 13 heteroatoms. The average Bonchev–Trinajstić information content (AvgIpc) is 3.21. The summed E-state index contributed by atoms with van der Waals surface area (Å²) in [7, 11) is 1.59. The van der Waals surface area contributed by atoms with Crippen LogP contribution in [0, 0.1) is 0 Å². The highest BCUT2D eigenvalue weighted by atomic mass is 19.4. The number of alkyl halides is 3. The first-order chi connectivity index (χ1) is 26.5. The summed E-state index contributed by atoms with van der Waals surface area (Å²) in [5, 5.41) is 3.34. The smallest absolute Gasteiger partial charge is 0.493 e. The van der Waals surface area contributed by atoms with Crippen LogP contribution in [0.5, 0.6) is 17.2 Å². The van der Waals surface area contributed by atoms with Gasteiger partial charge in [0.15, 0.2) is 5.75 Å². The largest absolute Gasteiger partial charge is 0.497 e. The Labute approximate surface area is 317 Å². The van der Waals surface area contributed by atoms with Crippen LogP contribution in [0.2, 0.25) is 0 Å². The molecule has 55 heavy (non-hydrogen) atoms. The zero-order valence-corrected chi connectivity index (χ0v) is 30.1. The molecule has 2 amide bonds. The Morgan fingerprint density at radius 1 is 0.782 bits per heavy atom. The number of carbonyl (C=O) groups is 3. The Bertz CT molecular complexity index is 2050. The Balaban J connectivity index is 0.000000496. The monoisotopic (exact) mass is 754 g/mol. The molecule has 0 fully saturated rings. The Morgan fingerprint density at radius 3 is 2.22 bits per heavy atom. The lowest BCUT2D eigenvalue weighted by molar-refractivity contribution is -0.207. The van der Waals surface area contributed by atoms with E-state index >= 15 is 0 Å². The number of hydroxylamine groups is 1. The van der Waals surface area contributed by atoms with E-state index in [9.17, 15) is 27.6 Å². The second-order valence-corrected chi connectivity index (χ2v) is 12.4. The number of rotatable bonds is 11. The van der Waals surface area contributed by atoms with Crippen LogP contribution >= 0.6 is 0 Å². The number of anilines is 1. The van der Waals surface area contributed by atoms with Crippen LogP contribution in [0.15, 0.2) is 121 Å². The first-order valence-corrected chi connectivity index (χ1v) is 17.5. The molecule has 4 N–H and O–H groups in total. The maximum Gasteiger partial charge on any atom is 0.493 e. The fraction of sp³-hybridized carbons (Fsp3) is 0.214. The highest BCUT2D eigenvalue weighted by Gasteiger charge is 2.42. The molecule has 1 aliphatic rings. The van der Waals surface area contributed by atoms with Crippen molar-refractivity contribution in [1.29, 1.82) is 0 Å². The van der Waals surface area contributed by atoms with Crippen molar-refractivity contribution in [3.05, 3.63) is 144 Å². The standard InChI is InChI=1S/C33H30F3N3O6.C9H11N/c1-43-26-8-5-7-25(19-26)24-14-12-22(13-15-24)21-39(31(41)17-16-30(40)38-45-32(42)33(34,35)36)28-10-2-3-11-29(28)44-27-9-4-6-23(18-27)20-37;1-2-4-9-7-10-6-5-8(9)3-1/h2-15,18-19H,16-17,20-21,37H2,1H3,(H,38,40);1-4,10H,5-7H2. The number of para-hydroxylation sites is 2. The summed E-state index contributed by atoms with van der Waals surface area (Å²) in [6, 6.07) is 37.7. The number of methoxy groups -OCH3 is 1. The maximum atomic E-state index is 13.6. The van der Waals surface area contributed by atoms with Gasteiger partial charge in [0.05, 0.1) is 19.3 Å². The molecule has 5 aromatic carbocycles.